The largest absolute Gasteiger partial charge is 0.452 e. The summed E-state index contributed by atoms with van der Waals surface area (Å²) in [7, 11) is -3.80. The smallest absolute Gasteiger partial charge is 0.338 e. The summed E-state index contributed by atoms with van der Waals surface area (Å²) < 4.78 is 32.9. The lowest BCUT2D eigenvalue weighted by Crippen LogP contribution is -2.48. The van der Waals surface area contributed by atoms with Crippen LogP contribution in [0.25, 0.3) is 0 Å². The van der Waals surface area contributed by atoms with Crippen molar-refractivity contribution in [2.24, 2.45) is 5.92 Å². The van der Waals surface area contributed by atoms with Crippen LogP contribution in [0, 0.1) is 5.92 Å². The fraction of sp³-hybridized carbons (Fsp3) is 0.423. The Morgan fingerprint density at radius 2 is 1.72 bits per heavy atom. The second kappa shape index (κ2) is 11.1. The number of urea groups is 1. The molecule has 0 spiro atoms. The number of benzene rings is 2. The Bertz CT molecular complexity index is 1230. The van der Waals surface area contributed by atoms with E-state index in [0.717, 1.165) is 44.1 Å². The molecule has 0 bridgehead atoms. The van der Waals surface area contributed by atoms with Crippen molar-refractivity contribution in [2.75, 3.05) is 17.5 Å². The van der Waals surface area contributed by atoms with E-state index in [0.29, 0.717) is 18.2 Å². The maximum absolute atomic E-state index is 13.2. The molecule has 1 aliphatic carbocycles. The van der Waals surface area contributed by atoms with E-state index >= 15 is 0 Å². The van der Waals surface area contributed by atoms with Crippen molar-refractivity contribution in [2.45, 2.75) is 56.4 Å². The normalized spacial score (nSPS) is 19.6. The molecule has 9 nitrogen and oxygen atoms in total. The lowest BCUT2D eigenvalue weighted by molar-refractivity contribution is -0.123. The average molecular weight is 514 g/mol. The number of para-hydroxylation sites is 1. The first kappa shape index (κ1) is 25.7. The second-order valence-electron chi connectivity index (χ2n) is 9.30. The maximum Gasteiger partial charge on any atom is 0.338 e. The minimum Gasteiger partial charge on any atom is -0.452 e. The van der Waals surface area contributed by atoms with E-state index in [1.807, 2.05) is 18.2 Å². The van der Waals surface area contributed by atoms with Crippen LogP contribution in [0.15, 0.2) is 53.4 Å². The van der Waals surface area contributed by atoms with E-state index in [9.17, 15) is 22.8 Å². The van der Waals surface area contributed by atoms with Crippen molar-refractivity contribution in [1.82, 2.24) is 10.6 Å². The summed E-state index contributed by atoms with van der Waals surface area (Å²) in [5, 5.41) is 4.98. The number of carbonyl (C=O) groups excluding carboxylic acids is 3. The van der Waals surface area contributed by atoms with Crippen molar-refractivity contribution in [3.63, 3.8) is 0 Å². The molecule has 1 saturated carbocycles. The van der Waals surface area contributed by atoms with Crippen LogP contribution >= 0.6 is 0 Å². The van der Waals surface area contributed by atoms with Crippen LogP contribution < -0.4 is 14.9 Å². The van der Waals surface area contributed by atoms with Crippen molar-refractivity contribution in [3.05, 3.63) is 59.7 Å². The molecule has 10 heteroatoms. The minimum atomic E-state index is -3.80. The quantitative estimate of drug-likeness (QED) is 0.571. The first-order chi connectivity index (χ1) is 17.3. The molecule has 2 atom stereocenters. The van der Waals surface area contributed by atoms with E-state index in [4.69, 9.17) is 4.74 Å². The molecule has 0 radical (unpaired) electrons. The van der Waals surface area contributed by atoms with Gasteiger partial charge in [0, 0.05) is 12.6 Å². The Balaban J connectivity index is 1.31. The topological polar surface area (TPSA) is 122 Å². The SMILES string of the molecule is CC1CCCCC1NC(=O)NC(=O)COC(=O)c1ccc(S(=O)(=O)N2CCCc3ccccc32)cc1. The van der Waals surface area contributed by atoms with Gasteiger partial charge in [0.1, 0.15) is 0 Å². The van der Waals surface area contributed by atoms with Gasteiger partial charge in [0.25, 0.3) is 15.9 Å². The third-order valence-corrected chi connectivity index (χ3v) is 8.59. The molecular weight excluding hydrogens is 482 g/mol. The van der Waals surface area contributed by atoms with Crippen LogP contribution in [0.4, 0.5) is 10.5 Å². The molecule has 1 aliphatic heterocycles. The molecule has 4 rings (SSSR count). The molecule has 192 valence electrons. The number of rotatable bonds is 6. The molecular formula is C26H31N3O6S. The number of carbonyl (C=O) groups is 3. The summed E-state index contributed by atoms with van der Waals surface area (Å²) >= 11 is 0. The van der Waals surface area contributed by atoms with E-state index in [2.05, 4.69) is 17.6 Å². The van der Waals surface area contributed by atoms with Gasteiger partial charge in [-0.15, -0.1) is 0 Å². The summed E-state index contributed by atoms with van der Waals surface area (Å²) in [5.74, 6) is -1.19. The van der Waals surface area contributed by atoms with E-state index < -0.39 is 34.5 Å². The summed E-state index contributed by atoms with van der Waals surface area (Å²) in [6.45, 7) is 1.82. The summed E-state index contributed by atoms with van der Waals surface area (Å²) in [6.07, 6.45) is 5.61. The maximum atomic E-state index is 13.2. The number of amides is 3. The van der Waals surface area contributed by atoms with E-state index in [1.165, 1.54) is 28.6 Å². The van der Waals surface area contributed by atoms with Gasteiger partial charge in [-0.05, 0) is 67.5 Å². The average Bonchev–Trinajstić information content (AvgIpc) is 2.88. The lowest BCUT2D eigenvalue weighted by Gasteiger charge is -2.30. The molecule has 0 saturated heterocycles. The number of aryl methyl sites for hydroxylation is 1. The monoisotopic (exact) mass is 513 g/mol. The zero-order valence-corrected chi connectivity index (χ0v) is 21.1. The highest BCUT2D eigenvalue weighted by atomic mass is 32.2. The zero-order chi connectivity index (χ0) is 25.7. The number of imide groups is 1. The number of esters is 1. The molecule has 2 aliphatic rings. The van der Waals surface area contributed by atoms with Crippen molar-refractivity contribution >= 4 is 33.6 Å². The molecule has 3 amide bonds. The summed E-state index contributed by atoms with van der Waals surface area (Å²) in [6, 6.07) is 12.2. The number of hydrogen-bond acceptors (Lipinski definition) is 6. The van der Waals surface area contributed by atoms with Crippen molar-refractivity contribution in [1.29, 1.82) is 0 Å². The predicted octanol–water partition coefficient (Wildman–Crippen LogP) is 3.39. The van der Waals surface area contributed by atoms with Gasteiger partial charge in [-0.3, -0.25) is 14.4 Å². The van der Waals surface area contributed by atoms with Gasteiger partial charge in [-0.1, -0.05) is 38.0 Å². The van der Waals surface area contributed by atoms with Crippen LogP contribution in [0.1, 0.15) is 54.9 Å². The molecule has 1 fully saturated rings. The Hall–Kier alpha value is -3.40. The molecule has 2 aromatic rings. The first-order valence-electron chi connectivity index (χ1n) is 12.2. The van der Waals surface area contributed by atoms with Gasteiger partial charge >= 0.3 is 12.0 Å². The Kier molecular flexibility index (Phi) is 7.93. The Morgan fingerprint density at radius 1 is 1.00 bits per heavy atom. The van der Waals surface area contributed by atoms with Crippen LogP contribution in [0.3, 0.4) is 0 Å². The lowest BCUT2D eigenvalue weighted by atomic mass is 9.86. The zero-order valence-electron chi connectivity index (χ0n) is 20.2. The molecule has 2 unspecified atom stereocenters. The van der Waals surface area contributed by atoms with Gasteiger partial charge in [0.05, 0.1) is 16.1 Å². The second-order valence-corrected chi connectivity index (χ2v) is 11.2. The van der Waals surface area contributed by atoms with Crippen molar-refractivity contribution < 1.29 is 27.5 Å². The number of ether oxygens (including phenoxy) is 1. The number of nitrogens with zero attached hydrogens (tertiary/aromatic N) is 1. The third-order valence-electron chi connectivity index (χ3n) is 6.76. The van der Waals surface area contributed by atoms with Gasteiger partial charge in [0.15, 0.2) is 6.61 Å². The molecule has 2 N–H and O–H groups in total. The van der Waals surface area contributed by atoms with Crippen LogP contribution in [0.2, 0.25) is 0 Å². The number of hydrogen-bond donors (Lipinski definition) is 2. The summed E-state index contributed by atoms with van der Waals surface area (Å²) in [5.41, 5.74) is 1.74. The minimum absolute atomic E-state index is 0.0160. The van der Waals surface area contributed by atoms with Crippen LogP contribution in [-0.2, 0) is 26.0 Å². The molecule has 0 aromatic heterocycles. The summed E-state index contributed by atoms with van der Waals surface area (Å²) in [4.78, 5) is 36.5. The highest BCUT2D eigenvalue weighted by Crippen LogP contribution is 2.31. The molecule has 1 heterocycles. The molecule has 2 aromatic carbocycles. The van der Waals surface area contributed by atoms with Gasteiger partial charge in [-0.25, -0.2) is 18.0 Å². The number of fused-ring (bicyclic) bond motifs is 1. The number of nitrogens with one attached hydrogen (secondary N) is 2. The first-order valence-corrected chi connectivity index (χ1v) is 13.7. The van der Waals surface area contributed by atoms with Gasteiger partial charge in [-0.2, -0.15) is 0 Å². The predicted molar refractivity (Wildman–Crippen MR) is 134 cm³/mol. The van der Waals surface area contributed by atoms with Gasteiger partial charge in [0.2, 0.25) is 0 Å². The standard InChI is InChI=1S/C26H31N3O6S/c1-18-7-2-4-10-22(18)27-26(32)28-24(30)17-35-25(31)20-12-14-21(15-13-20)36(33,34)29-16-6-9-19-8-3-5-11-23(19)29/h3,5,8,11-15,18,22H,2,4,6-7,9-10,16-17H2,1H3,(H2,27,28,30,32). The number of anilines is 1. The van der Waals surface area contributed by atoms with Crippen LogP contribution in [-0.4, -0.2) is 45.5 Å². The highest BCUT2D eigenvalue weighted by Gasteiger charge is 2.29. The molecule has 36 heavy (non-hydrogen) atoms. The Morgan fingerprint density at radius 3 is 2.47 bits per heavy atom. The van der Waals surface area contributed by atoms with Gasteiger partial charge < -0.3 is 10.1 Å². The van der Waals surface area contributed by atoms with E-state index in [-0.39, 0.29) is 16.5 Å². The third kappa shape index (κ3) is 5.87. The van der Waals surface area contributed by atoms with Crippen LogP contribution in [0.5, 0.6) is 0 Å². The fourth-order valence-electron chi connectivity index (χ4n) is 4.75. The Labute approximate surface area is 211 Å². The fourth-order valence-corrected chi connectivity index (χ4v) is 6.29. The highest BCUT2D eigenvalue weighted by molar-refractivity contribution is 7.92. The van der Waals surface area contributed by atoms with Crippen molar-refractivity contribution in [3.8, 4) is 0 Å². The number of sulfonamides is 1. The van der Waals surface area contributed by atoms with E-state index in [1.54, 1.807) is 6.07 Å².